The maximum atomic E-state index is 13.4. The second-order valence-corrected chi connectivity index (χ2v) is 10.7. The fraction of sp³-hybridized carbons (Fsp3) is 0.286. The molecule has 2 aromatic rings. The Morgan fingerprint density at radius 1 is 1.25 bits per heavy atom. The van der Waals surface area contributed by atoms with Gasteiger partial charge in [-0.25, -0.2) is 8.42 Å². The van der Waals surface area contributed by atoms with Gasteiger partial charge in [0.25, 0.3) is 5.91 Å². The van der Waals surface area contributed by atoms with E-state index in [1.54, 1.807) is 35.2 Å². The van der Waals surface area contributed by atoms with E-state index in [2.05, 4.69) is 11.6 Å². The highest BCUT2D eigenvalue weighted by Gasteiger charge is 2.34. The van der Waals surface area contributed by atoms with E-state index in [0.717, 1.165) is 17.3 Å². The fourth-order valence-electron chi connectivity index (χ4n) is 3.24. The molecular weight excluding hydrogens is 470 g/mol. The molecule has 4 rings (SSSR count). The summed E-state index contributed by atoms with van der Waals surface area (Å²) in [4.78, 5) is 20.6. The van der Waals surface area contributed by atoms with Crippen molar-refractivity contribution in [3.63, 3.8) is 0 Å². The number of benzene rings is 1. The summed E-state index contributed by atoms with van der Waals surface area (Å²) >= 11 is 6.36. The lowest BCUT2D eigenvalue weighted by molar-refractivity contribution is -0.121. The lowest BCUT2D eigenvalue weighted by Crippen LogP contribution is -2.36. The summed E-state index contributed by atoms with van der Waals surface area (Å²) in [6.07, 6.45) is 3.02. The molecule has 1 amide bonds. The maximum absolute atomic E-state index is 13.4. The number of morpholine rings is 1. The van der Waals surface area contributed by atoms with E-state index in [0.29, 0.717) is 42.1 Å². The van der Waals surface area contributed by atoms with Crippen LogP contribution in [0.2, 0.25) is 0 Å². The number of hydrogen-bond acceptors (Lipinski definition) is 9. The minimum Gasteiger partial charge on any atom is -0.420 e. The minimum atomic E-state index is -3.95. The van der Waals surface area contributed by atoms with Crippen LogP contribution in [0.1, 0.15) is 11.5 Å². The molecule has 0 unspecified atom stereocenters. The van der Waals surface area contributed by atoms with Crippen LogP contribution in [0.15, 0.2) is 56.2 Å². The molecule has 2 aliphatic heterocycles. The van der Waals surface area contributed by atoms with E-state index >= 15 is 0 Å². The minimum absolute atomic E-state index is 0.0243. The molecule has 0 bridgehead atoms. The Hall–Kier alpha value is -2.47. The van der Waals surface area contributed by atoms with Crippen LogP contribution in [0.3, 0.4) is 0 Å². The number of ether oxygens (including phenoxy) is 1. The molecule has 3 heterocycles. The molecule has 8 nitrogen and oxygen atoms in total. The van der Waals surface area contributed by atoms with Crippen molar-refractivity contribution in [3.8, 4) is 0 Å². The smallest absolute Gasteiger partial charge is 0.266 e. The van der Waals surface area contributed by atoms with Crippen LogP contribution in [-0.2, 0) is 19.4 Å². The first kappa shape index (κ1) is 22.7. The molecule has 0 atom stereocenters. The van der Waals surface area contributed by atoms with Gasteiger partial charge in [-0.05, 0) is 19.1 Å². The lowest BCUT2D eigenvalue weighted by Gasteiger charge is -2.26. The lowest BCUT2D eigenvalue weighted by atomic mass is 10.2. The van der Waals surface area contributed by atoms with Crippen molar-refractivity contribution in [2.24, 2.45) is 0 Å². The second kappa shape index (κ2) is 9.18. The molecule has 168 valence electrons. The van der Waals surface area contributed by atoms with Crippen molar-refractivity contribution in [3.05, 3.63) is 53.3 Å². The number of aromatic nitrogens is 1. The second-order valence-electron chi connectivity index (χ2n) is 7.16. The van der Waals surface area contributed by atoms with Gasteiger partial charge < -0.3 is 14.1 Å². The van der Waals surface area contributed by atoms with E-state index in [1.165, 1.54) is 11.0 Å². The van der Waals surface area contributed by atoms with E-state index in [-0.39, 0.29) is 27.6 Å². The van der Waals surface area contributed by atoms with Crippen LogP contribution in [0.25, 0.3) is 6.08 Å². The van der Waals surface area contributed by atoms with Gasteiger partial charge in [-0.15, -0.1) is 6.58 Å². The SMILES string of the molecule is C=CCN1C(=O)/C(=C/c2nc(S(=O)(=O)c3ccc(C)cc3)c(N3CCOCC3)o2)SC1=S. The molecule has 11 heteroatoms. The third kappa shape index (κ3) is 4.38. The molecule has 2 saturated heterocycles. The average molecular weight is 492 g/mol. The van der Waals surface area contributed by atoms with E-state index < -0.39 is 9.84 Å². The van der Waals surface area contributed by atoms with Gasteiger partial charge in [-0.3, -0.25) is 9.69 Å². The summed E-state index contributed by atoms with van der Waals surface area (Å²) in [5.74, 6) is -0.132. The summed E-state index contributed by atoms with van der Waals surface area (Å²) in [7, 11) is -3.95. The fourth-order valence-corrected chi connectivity index (χ4v) is 5.81. The Balaban J connectivity index is 1.77. The first-order valence-corrected chi connectivity index (χ1v) is 12.5. The van der Waals surface area contributed by atoms with E-state index in [1.807, 2.05) is 6.92 Å². The Morgan fingerprint density at radius 2 is 1.94 bits per heavy atom. The van der Waals surface area contributed by atoms with Crippen LogP contribution in [0, 0.1) is 6.92 Å². The highest BCUT2D eigenvalue weighted by molar-refractivity contribution is 8.26. The van der Waals surface area contributed by atoms with Gasteiger partial charge in [-0.2, -0.15) is 4.98 Å². The monoisotopic (exact) mass is 491 g/mol. The molecule has 32 heavy (non-hydrogen) atoms. The zero-order valence-corrected chi connectivity index (χ0v) is 19.8. The third-order valence-corrected chi connectivity index (χ3v) is 7.97. The number of aryl methyl sites for hydroxylation is 1. The molecule has 0 radical (unpaired) electrons. The van der Waals surface area contributed by atoms with Crippen molar-refractivity contribution in [1.82, 2.24) is 9.88 Å². The number of amides is 1. The number of thioether (sulfide) groups is 1. The summed E-state index contributed by atoms with van der Waals surface area (Å²) in [5, 5.41) is -0.184. The molecule has 2 aliphatic rings. The number of sulfone groups is 1. The van der Waals surface area contributed by atoms with Gasteiger partial charge in [-0.1, -0.05) is 47.8 Å². The Labute approximate surface area is 195 Å². The van der Waals surface area contributed by atoms with Gasteiger partial charge in [0.1, 0.15) is 4.32 Å². The molecule has 0 N–H and O–H groups in total. The number of carbonyl (C=O) groups is 1. The predicted molar refractivity (Wildman–Crippen MR) is 126 cm³/mol. The Bertz CT molecular complexity index is 1200. The number of anilines is 1. The highest BCUT2D eigenvalue weighted by atomic mass is 32.2. The highest BCUT2D eigenvalue weighted by Crippen LogP contribution is 2.36. The van der Waals surface area contributed by atoms with Crippen LogP contribution in [0.4, 0.5) is 5.88 Å². The summed E-state index contributed by atoms with van der Waals surface area (Å²) in [5.41, 5.74) is 0.944. The number of hydrogen-bond donors (Lipinski definition) is 0. The van der Waals surface area contributed by atoms with E-state index in [4.69, 9.17) is 21.4 Å². The molecule has 0 spiro atoms. The van der Waals surface area contributed by atoms with Crippen molar-refractivity contribution < 1.29 is 22.4 Å². The number of oxazole rings is 1. The Kier molecular flexibility index (Phi) is 6.52. The Morgan fingerprint density at radius 3 is 2.59 bits per heavy atom. The van der Waals surface area contributed by atoms with Crippen molar-refractivity contribution in [2.45, 2.75) is 16.8 Å². The number of rotatable bonds is 6. The average Bonchev–Trinajstić information content (AvgIpc) is 3.32. The van der Waals surface area contributed by atoms with Crippen molar-refractivity contribution in [1.29, 1.82) is 0 Å². The molecule has 1 aromatic carbocycles. The molecule has 0 saturated carbocycles. The normalized spacial score (nSPS) is 18.6. The van der Waals surface area contributed by atoms with Gasteiger partial charge in [0.2, 0.25) is 26.6 Å². The first-order chi connectivity index (χ1) is 15.3. The van der Waals surface area contributed by atoms with Crippen molar-refractivity contribution in [2.75, 3.05) is 37.7 Å². The van der Waals surface area contributed by atoms with Crippen LogP contribution in [0.5, 0.6) is 0 Å². The van der Waals surface area contributed by atoms with Gasteiger partial charge in [0, 0.05) is 25.7 Å². The summed E-state index contributed by atoms with van der Waals surface area (Å²) in [6.45, 7) is 7.63. The van der Waals surface area contributed by atoms with Crippen molar-refractivity contribution >= 4 is 56.0 Å². The van der Waals surface area contributed by atoms with Gasteiger partial charge in [0.15, 0.2) is 0 Å². The number of carbonyl (C=O) groups excluding carboxylic acids is 1. The zero-order valence-electron chi connectivity index (χ0n) is 17.3. The summed E-state index contributed by atoms with van der Waals surface area (Å²) in [6, 6.07) is 6.55. The van der Waals surface area contributed by atoms with Crippen LogP contribution in [-0.4, -0.2) is 61.4 Å². The standard InChI is InChI=1S/C21H21N3O5S3/c1-3-8-24-19(25)16(31-21(24)30)13-17-22-18(20(29-17)23-9-11-28-12-10-23)32(26,27)15-6-4-14(2)5-7-15/h3-7,13H,1,8-12H2,2H3/b16-13-. The van der Waals surface area contributed by atoms with Gasteiger partial charge >= 0.3 is 0 Å². The number of nitrogens with zero attached hydrogens (tertiary/aromatic N) is 3. The quantitative estimate of drug-likeness (QED) is 0.343. The summed E-state index contributed by atoms with van der Waals surface area (Å²) < 4.78 is 38.5. The number of thiocarbonyl (C=S) groups is 1. The third-order valence-electron chi connectivity index (χ3n) is 4.92. The molecule has 2 fully saturated rings. The molecule has 1 aromatic heterocycles. The van der Waals surface area contributed by atoms with Crippen LogP contribution < -0.4 is 4.90 Å². The van der Waals surface area contributed by atoms with E-state index in [9.17, 15) is 13.2 Å². The topological polar surface area (TPSA) is 93.0 Å². The largest absolute Gasteiger partial charge is 0.420 e. The maximum Gasteiger partial charge on any atom is 0.266 e. The first-order valence-electron chi connectivity index (χ1n) is 9.83. The van der Waals surface area contributed by atoms with Gasteiger partial charge in [0.05, 0.1) is 23.0 Å². The molecule has 0 aliphatic carbocycles. The predicted octanol–water partition coefficient (Wildman–Crippen LogP) is 3.04. The zero-order chi connectivity index (χ0) is 22.9. The van der Waals surface area contributed by atoms with Crippen LogP contribution >= 0.6 is 24.0 Å². The molecular formula is C21H21N3O5S3.